The summed E-state index contributed by atoms with van der Waals surface area (Å²) in [6.07, 6.45) is 2.66. The molecule has 0 aliphatic carbocycles. The third-order valence-corrected chi connectivity index (χ3v) is 4.37. The zero-order chi connectivity index (χ0) is 15.2. The predicted molar refractivity (Wildman–Crippen MR) is 87.6 cm³/mol. The van der Waals surface area contributed by atoms with Crippen LogP contribution in [-0.4, -0.2) is 25.0 Å². The quantitative estimate of drug-likeness (QED) is 0.874. The van der Waals surface area contributed by atoms with Crippen molar-refractivity contribution < 1.29 is 4.79 Å². The molecule has 1 aromatic rings. The maximum Gasteiger partial charge on any atom is 0.220 e. The first-order valence-corrected chi connectivity index (χ1v) is 8.16. The number of nitrogens with one attached hydrogen (secondary N) is 2. The van der Waals surface area contributed by atoms with Gasteiger partial charge in [0.2, 0.25) is 5.91 Å². The summed E-state index contributed by atoms with van der Waals surface area (Å²) in [5.74, 6) is 1.01. The molecule has 0 bridgehead atoms. The molecule has 2 N–H and O–H groups in total. The van der Waals surface area contributed by atoms with Gasteiger partial charge in [-0.25, -0.2) is 0 Å². The highest BCUT2D eigenvalue weighted by Gasteiger charge is 2.17. The molecule has 0 radical (unpaired) electrons. The fourth-order valence-electron chi connectivity index (χ4n) is 2.86. The van der Waals surface area contributed by atoms with Gasteiger partial charge in [-0.1, -0.05) is 45.0 Å². The minimum absolute atomic E-state index is 0.183. The fraction of sp³-hybridized carbons (Fsp3) is 0.611. The number of amides is 1. The zero-order valence-electron chi connectivity index (χ0n) is 13.5. The second kappa shape index (κ2) is 7.60. The molecular formula is C18H28N2O. The van der Waals surface area contributed by atoms with Gasteiger partial charge in [0.15, 0.2) is 0 Å². The lowest BCUT2D eigenvalue weighted by atomic mass is 9.94. The average Bonchev–Trinajstić information content (AvgIpc) is 2.48. The number of rotatable bonds is 5. The summed E-state index contributed by atoms with van der Waals surface area (Å²) in [5.41, 5.74) is 2.60. The van der Waals surface area contributed by atoms with Crippen LogP contribution in [0, 0.1) is 0 Å². The van der Waals surface area contributed by atoms with E-state index in [1.54, 1.807) is 0 Å². The topological polar surface area (TPSA) is 41.1 Å². The van der Waals surface area contributed by atoms with E-state index in [-0.39, 0.29) is 11.8 Å². The highest BCUT2D eigenvalue weighted by atomic mass is 16.1. The number of carbonyl (C=O) groups is 1. The van der Waals surface area contributed by atoms with Gasteiger partial charge in [0.25, 0.3) is 0 Å². The van der Waals surface area contributed by atoms with E-state index in [1.165, 1.54) is 11.1 Å². The minimum Gasteiger partial charge on any atom is -0.353 e. The molecule has 1 aliphatic heterocycles. The third-order valence-electron chi connectivity index (χ3n) is 4.37. The van der Waals surface area contributed by atoms with Crippen molar-refractivity contribution in [1.82, 2.24) is 10.6 Å². The van der Waals surface area contributed by atoms with Crippen molar-refractivity contribution in [2.75, 3.05) is 13.1 Å². The summed E-state index contributed by atoms with van der Waals surface area (Å²) in [4.78, 5) is 12.1. The minimum atomic E-state index is 0.183. The average molecular weight is 288 g/mol. The Hall–Kier alpha value is -1.35. The molecule has 0 spiro atoms. The Morgan fingerprint density at radius 1 is 1.14 bits per heavy atom. The molecule has 3 nitrogen and oxygen atoms in total. The molecule has 1 unspecified atom stereocenters. The van der Waals surface area contributed by atoms with Gasteiger partial charge in [-0.3, -0.25) is 4.79 Å². The van der Waals surface area contributed by atoms with Crippen LogP contribution in [0.2, 0.25) is 0 Å². The summed E-state index contributed by atoms with van der Waals surface area (Å²) in [6, 6.07) is 9.05. The number of carbonyl (C=O) groups excluding carboxylic acids is 1. The number of hydrogen-bond acceptors (Lipinski definition) is 2. The SMILES string of the molecule is CC(C)c1ccc(C(C)CC(=O)NC2CCNCC2)cc1. The van der Waals surface area contributed by atoms with E-state index in [1.807, 2.05) is 0 Å². The van der Waals surface area contributed by atoms with E-state index in [0.717, 1.165) is 25.9 Å². The molecule has 1 atom stereocenters. The summed E-state index contributed by atoms with van der Waals surface area (Å²) in [5, 5.41) is 6.49. The van der Waals surface area contributed by atoms with Gasteiger partial charge in [0.05, 0.1) is 0 Å². The highest BCUT2D eigenvalue weighted by Crippen LogP contribution is 2.22. The zero-order valence-corrected chi connectivity index (χ0v) is 13.5. The normalized spacial score (nSPS) is 17.7. The van der Waals surface area contributed by atoms with Gasteiger partial charge in [0, 0.05) is 12.5 Å². The third kappa shape index (κ3) is 4.85. The van der Waals surface area contributed by atoms with E-state index in [9.17, 15) is 4.79 Å². The summed E-state index contributed by atoms with van der Waals surface area (Å²) in [6.45, 7) is 8.55. The Labute approximate surface area is 128 Å². The largest absolute Gasteiger partial charge is 0.353 e. The van der Waals surface area contributed by atoms with Crippen molar-refractivity contribution in [3.63, 3.8) is 0 Å². The fourth-order valence-corrected chi connectivity index (χ4v) is 2.86. The van der Waals surface area contributed by atoms with E-state index in [2.05, 4.69) is 55.7 Å². The molecule has 2 rings (SSSR count). The molecule has 116 valence electrons. The second-order valence-corrected chi connectivity index (χ2v) is 6.52. The van der Waals surface area contributed by atoms with E-state index >= 15 is 0 Å². The molecular weight excluding hydrogens is 260 g/mol. The summed E-state index contributed by atoms with van der Waals surface area (Å²) < 4.78 is 0. The van der Waals surface area contributed by atoms with Gasteiger partial charge < -0.3 is 10.6 Å². The lowest BCUT2D eigenvalue weighted by molar-refractivity contribution is -0.122. The Morgan fingerprint density at radius 3 is 2.29 bits per heavy atom. The standard InChI is InChI=1S/C18H28N2O/c1-13(2)15-4-6-16(7-5-15)14(3)12-18(21)20-17-8-10-19-11-9-17/h4-7,13-14,17,19H,8-12H2,1-3H3,(H,20,21). The lowest BCUT2D eigenvalue weighted by Gasteiger charge is -2.24. The first kappa shape index (κ1) is 16.0. The van der Waals surface area contributed by atoms with Gasteiger partial charge in [0.1, 0.15) is 0 Å². The smallest absolute Gasteiger partial charge is 0.220 e. The molecule has 1 heterocycles. The monoisotopic (exact) mass is 288 g/mol. The van der Waals surface area contributed by atoms with Crippen molar-refractivity contribution in [1.29, 1.82) is 0 Å². The number of benzene rings is 1. The van der Waals surface area contributed by atoms with Crippen molar-refractivity contribution in [3.8, 4) is 0 Å². The maximum absolute atomic E-state index is 12.1. The van der Waals surface area contributed by atoms with Crippen LogP contribution in [0.4, 0.5) is 0 Å². The lowest BCUT2D eigenvalue weighted by Crippen LogP contribution is -2.42. The molecule has 0 aromatic heterocycles. The van der Waals surface area contributed by atoms with E-state index in [0.29, 0.717) is 18.4 Å². The highest BCUT2D eigenvalue weighted by molar-refractivity contribution is 5.77. The summed E-state index contributed by atoms with van der Waals surface area (Å²) >= 11 is 0. The molecule has 1 aliphatic rings. The van der Waals surface area contributed by atoms with Crippen molar-refractivity contribution in [3.05, 3.63) is 35.4 Å². The van der Waals surface area contributed by atoms with Crippen LogP contribution in [0.5, 0.6) is 0 Å². The Kier molecular flexibility index (Phi) is 5.80. The van der Waals surface area contributed by atoms with Gasteiger partial charge in [-0.2, -0.15) is 0 Å². The molecule has 1 fully saturated rings. The first-order valence-electron chi connectivity index (χ1n) is 8.16. The van der Waals surface area contributed by atoms with Crippen LogP contribution < -0.4 is 10.6 Å². The van der Waals surface area contributed by atoms with Crippen molar-refractivity contribution in [2.24, 2.45) is 0 Å². The van der Waals surface area contributed by atoms with Crippen LogP contribution in [0.15, 0.2) is 24.3 Å². The molecule has 21 heavy (non-hydrogen) atoms. The number of piperidine rings is 1. The molecule has 0 saturated carbocycles. The Morgan fingerprint density at radius 2 is 1.71 bits per heavy atom. The second-order valence-electron chi connectivity index (χ2n) is 6.52. The van der Waals surface area contributed by atoms with Crippen LogP contribution >= 0.6 is 0 Å². The molecule has 1 amide bonds. The predicted octanol–water partition coefficient (Wildman–Crippen LogP) is 3.17. The Balaban J connectivity index is 1.84. The molecule has 1 saturated heterocycles. The van der Waals surface area contributed by atoms with E-state index < -0.39 is 0 Å². The maximum atomic E-state index is 12.1. The Bertz CT molecular complexity index is 447. The van der Waals surface area contributed by atoms with Crippen LogP contribution in [0.3, 0.4) is 0 Å². The number of hydrogen-bond donors (Lipinski definition) is 2. The van der Waals surface area contributed by atoms with Crippen LogP contribution in [0.1, 0.15) is 63.0 Å². The van der Waals surface area contributed by atoms with Crippen molar-refractivity contribution >= 4 is 5.91 Å². The van der Waals surface area contributed by atoms with Gasteiger partial charge in [-0.05, 0) is 48.9 Å². The van der Waals surface area contributed by atoms with Gasteiger partial charge in [-0.15, -0.1) is 0 Å². The summed E-state index contributed by atoms with van der Waals surface area (Å²) in [7, 11) is 0. The molecule has 1 aromatic carbocycles. The van der Waals surface area contributed by atoms with Crippen molar-refractivity contribution in [2.45, 2.75) is 57.9 Å². The van der Waals surface area contributed by atoms with Crippen LogP contribution in [0.25, 0.3) is 0 Å². The first-order chi connectivity index (χ1) is 10.1. The van der Waals surface area contributed by atoms with Crippen LogP contribution in [-0.2, 0) is 4.79 Å². The molecule has 3 heteroatoms. The van der Waals surface area contributed by atoms with Gasteiger partial charge >= 0.3 is 0 Å². The van der Waals surface area contributed by atoms with E-state index in [4.69, 9.17) is 0 Å².